The fourth-order valence-electron chi connectivity index (χ4n) is 2.71. The van der Waals surface area contributed by atoms with Crippen LogP contribution in [0.25, 0.3) is 0 Å². The molecule has 0 aliphatic carbocycles. The van der Waals surface area contributed by atoms with Gasteiger partial charge in [-0.2, -0.15) is 0 Å². The number of fused-ring (bicyclic) bond motifs is 1. The molecule has 5 nitrogen and oxygen atoms in total. The highest BCUT2D eigenvalue weighted by Gasteiger charge is 2.33. The smallest absolute Gasteiger partial charge is 0.191 e. The highest BCUT2D eigenvalue weighted by atomic mass is 127. The molecule has 2 N–H and O–H groups in total. The summed E-state index contributed by atoms with van der Waals surface area (Å²) in [5.74, 6) is 1.76. The largest absolute Gasteiger partial charge is 0.487 e. The van der Waals surface area contributed by atoms with Crippen molar-refractivity contribution in [3.63, 3.8) is 0 Å². The maximum absolute atomic E-state index is 6.06. The van der Waals surface area contributed by atoms with Gasteiger partial charge in [0.15, 0.2) is 5.96 Å². The van der Waals surface area contributed by atoms with Crippen molar-refractivity contribution in [2.75, 3.05) is 27.3 Å². The van der Waals surface area contributed by atoms with E-state index in [0.717, 1.165) is 37.7 Å². The minimum atomic E-state index is -0.194. The Morgan fingerprint density at radius 3 is 2.83 bits per heavy atom. The molecule has 1 unspecified atom stereocenters. The van der Waals surface area contributed by atoms with E-state index in [9.17, 15) is 0 Å². The van der Waals surface area contributed by atoms with Gasteiger partial charge < -0.3 is 20.1 Å². The monoisotopic (exact) mass is 433 g/mol. The predicted octanol–water partition coefficient (Wildman–Crippen LogP) is 3.11. The van der Waals surface area contributed by atoms with Crippen LogP contribution in [0, 0.1) is 0 Å². The molecule has 1 aliphatic rings. The molecule has 1 heterocycles. The van der Waals surface area contributed by atoms with Crippen molar-refractivity contribution < 1.29 is 9.47 Å². The van der Waals surface area contributed by atoms with E-state index < -0.39 is 0 Å². The number of guanidine groups is 1. The number of nitrogens with zero attached hydrogens (tertiary/aromatic N) is 1. The number of para-hydroxylation sites is 1. The predicted molar refractivity (Wildman–Crippen MR) is 105 cm³/mol. The zero-order chi connectivity index (χ0) is 16.0. The molecule has 0 saturated carbocycles. The number of aliphatic imine (C=N–C) groups is 1. The van der Waals surface area contributed by atoms with Crippen molar-refractivity contribution in [1.82, 2.24) is 10.6 Å². The first kappa shape index (κ1) is 20.0. The second kappa shape index (κ2) is 9.32. The molecule has 1 aromatic carbocycles. The van der Waals surface area contributed by atoms with Crippen LogP contribution in [0.1, 0.15) is 38.3 Å². The summed E-state index contributed by atoms with van der Waals surface area (Å²) in [4.78, 5) is 4.31. The highest BCUT2D eigenvalue weighted by Crippen LogP contribution is 2.39. The Kier molecular flexibility index (Phi) is 8.11. The lowest BCUT2D eigenvalue weighted by molar-refractivity contribution is 0.0694. The first-order valence-electron chi connectivity index (χ1n) is 7.80. The molecule has 0 fully saturated rings. The van der Waals surface area contributed by atoms with E-state index in [-0.39, 0.29) is 35.6 Å². The van der Waals surface area contributed by atoms with Gasteiger partial charge in [0.25, 0.3) is 0 Å². The Morgan fingerprint density at radius 1 is 1.39 bits per heavy atom. The van der Waals surface area contributed by atoms with Gasteiger partial charge in [0, 0.05) is 39.3 Å². The average Bonchev–Trinajstić information content (AvgIpc) is 2.49. The molecule has 0 saturated heterocycles. The molecule has 0 bridgehead atoms. The lowest BCUT2D eigenvalue weighted by Crippen LogP contribution is -2.45. The molecular weight excluding hydrogens is 405 g/mol. The Balaban J connectivity index is 0.00000264. The summed E-state index contributed by atoms with van der Waals surface area (Å²) in [6.45, 7) is 5.82. The van der Waals surface area contributed by atoms with Crippen LogP contribution >= 0.6 is 24.0 Å². The van der Waals surface area contributed by atoms with Crippen molar-refractivity contribution in [1.29, 1.82) is 0 Å². The fourth-order valence-corrected chi connectivity index (χ4v) is 2.71. The standard InChI is InChI=1S/C17H27N3O2.HI/c1-17(2)12-14(13-8-5-6-9-15(13)22-17)20-16(18-3)19-10-7-11-21-4;/h5-6,8-9,14H,7,10-12H2,1-4H3,(H2,18,19,20);1H. The van der Waals surface area contributed by atoms with Gasteiger partial charge >= 0.3 is 0 Å². The molecule has 2 rings (SSSR count). The number of halogens is 1. The average molecular weight is 433 g/mol. The number of hydrogen-bond acceptors (Lipinski definition) is 3. The maximum atomic E-state index is 6.06. The van der Waals surface area contributed by atoms with Gasteiger partial charge in [-0.3, -0.25) is 4.99 Å². The van der Waals surface area contributed by atoms with Crippen LogP contribution in [0.2, 0.25) is 0 Å². The molecule has 130 valence electrons. The summed E-state index contributed by atoms with van der Waals surface area (Å²) < 4.78 is 11.1. The number of ether oxygens (including phenoxy) is 2. The van der Waals surface area contributed by atoms with Crippen molar-refractivity contribution in [3.8, 4) is 5.75 Å². The number of methoxy groups -OCH3 is 1. The van der Waals surface area contributed by atoms with Gasteiger partial charge in [-0.1, -0.05) is 18.2 Å². The Hall–Kier alpha value is -1.02. The first-order chi connectivity index (χ1) is 10.6. The van der Waals surface area contributed by atoms with Gasteiger partial charge in [0.1, 0.15) is 11.4 Å². The summed E-state index contributed by atoms with van der Waals surface area (Å²) in [5, 5.41) is 6.84. The first-order valence-corrected chi connectivity index (χ1v) is 7.80. The third-order valence-corrected chi connectivity index (χ3v) is 3.73. The number of rotatable bonds is 5. The Labute approximate surface area is 156 Å². The topological polar surface area (TPSA) is 54.9 Å². The zero-order valence-corrected chi connectivity index (χ0v) is 16.7. The summed E-state index contributed by atoms with van der Waals surface area (Å²) in [6.07, 6.45) is 1.84. The van der Waals surface area contributed by atoms with Crippen LogP contribution in [0.4, 0.5) is 0 Å². The van der Waals surface area contributed by atoms with Crippen molar-refractivity contribution >= 4 is 29.9 Å². The van der Waals surface area contributed by atoms with Gasteiger partial charge in [0.05, 0.1) is 6.04 Å². The summed E-state index contributed by atoms with van der Waals surface area (Å²) in [6, 6.07) is 8.38. The summed E-state index contributed by atoms with van der Waals surface area (Å²) >= 11 is 0. The summed E-state index contributed by atoms with van der Waals surface area (Å²) in [7, 11) is 3.51. The lowest BCUT2D eigenvalue weighted by atomic mass is 9.90. The van der Waals surface area contributed by atoms with Crippen molar-refractivity contribution in [3.05, 3.63) is 29.8 Å². The second-order valence-electron chi connectivity index (χ2n) is 6.15. The second-order valence-corrected chi connectivity index (χ2v) is 6.15. The third-order valence-electron chi connectivity index (χ3n) is 3.73. The molecule has 0 spiro atoms. The Bertz CT molecular complexity index is 520. The van der Waals surface area contributed by atoms with E-state index in [1.165, 1.54) is 5.56 Å². The van der Waals surface area contributed by atoms with Gasteiger partial charge in [-0.05, 0) is 26.3 Å². The molecule has 0 aromatic heterocycles. The van der Waals surface area contributed by atoms with Gasteiger partial charge in [-0.15, -0.1) is 24.0 Å². The van der Waals surface area contributed by atoms with Crippen LogP contribution in [-0.2, 0) is 4.74 Å². The quantitative estimate of drug-likeness (QED) is 0.324. The van der Waals surface area contributed by atoms with Crippen molar-refractivity contribution in [2.24, 2.45) is 4.99 Å². The van der Waals surface area contributed by atoms with Crippen LogP contribution in [0.15, 0.2) is 29.3 Å². The van der Waals surface area contributed by atoms with E-state index >= 15 is 0 Å². The molecule has 1 atom stereocenters. The normalized spacial score (nSPS) is 19.1. The van der Waals surface area contributed by atoms with E-state index in [2.05, 4.69) is 35.5 Å². The number of hydrogen-bond donors (Lipinski definition) is 2. The molecule has 0 amide bonds. The number of nitrogens with one attached hydrogen (secondary N) is 2. The zero-order valence-electron chi connectivity index (χ0n) is 14.4. The van der Waals surface area contributed by atoms with E-state index in [0.29, 0.717) is 0 Å². The molecule has 23 heavy (non-hydrogen) atoms. The third kappa shape index (κ3) is 5.84. The van der Waals surface area contributed by atoms with E-state index in [1.807, 2.05) is 18.2 Å². The van der Waals surface area contributed by atoms with Crippen LogP contribution in [-0.4, -0.2) is 38.9 Å². The van der Waals surface area contributed by atoms with Gasteiger partial charge in [-0.25, -0.2) is 0 Å². The fraction of sp³-hybridized carbons (Fsp3) is 0.588. The van der Waals surface area contributed by atoms with E-state index in [1.54, 1.807) is 14.2 Å². The summed E-state index contributed by atoms with van der Waals surface area (Å²) in [5.41, 5.74) is 0.989. The Morgan fingerprint density at radius 2 is 2.13 bits per heavy atom. The minimum absolute atomic E-state index is 0. The molecule has 6 heteroatoms. The van der Waals surface area contributed by atoms with E-state index in [4.69, 9.17) is 9.47 Å². The SMILES string of the molecule is CN=C(NCCCOC)NC1CC(C)(C)Oc2ccccc21.I. The molecule has 1 aromatic rings. The number of benzene rings is 1. The lowest BCUT2D eigenvalue weighted by Gasteiger charge is -2.38. The van der Waals surface area contributed by atoms with Crippen LogP contribution in [0.3, 0.4) is 0 Å². The maximum Gasteiger partial charge on any atom is 0.191 e. The minimum Gasteiger partial charge on any atom is -0.487 e. The van der Waals surface area contributed by atoms with Gasteiger partial charge in [0.2, 0.25) is 0 Å². The highest BCUT2D eigenvalue weighted by molar-refractivity contribution is 14.0. The van der Waals surface area contributed by atoms with Crippen LogP contribution in [0.5, 0.6) is 5.75 Å². The van der Waals surface area contributed by atoms with Crippen LogP contribution < -0.4 is 15.4 Å². The molecule has 1 aliphatic heterocycles. The van der Waals surface area contributed by atoms with Crippen molar-refractivity contribution in [2.45, 2.75) is 38.3 Å². The molecular formula is C17H28IN3O2. The molecule has 0 radical (unpaired) electrons.